The molecular formula is C8H7BrN2O2. The van der Waals surface area contributed by atoms with Crippen molar-refractivity contribution in [2.75, 3.05) is 7.11 Å². The molecule has 0 saturated heterocycles. The number of imidazole rings is 1. The zero-order valence-electron chi connectivity index (χ0n) is 6.85. The Balaban J connectivity index is 2.90. The van der Waals surface area contributed by atoms with Crippen molar-refractivity contribution in [3.63, 3.8) is 0 Å². The predicted octanol–water partition coefficient (Wildman–Crippen LogP) is 1.63. The maximum absolute atomic E-state index is 11.0. The first-order valence-corrected chi connectivity index (χ1v) is 4.46. The van der Waals surface area contributed by atoms with Gasteiger partial charge in [0.15, 0.2) is 5.75 Å². The molecule has 0 fully saturated rings. The average molecular weight is 243 g/mol. The molecule has 0 bridgehead atoms. The molecule has 0 radical (unpaired) electrons. The number of fused-ring (bicyclic) bond motifs is 1. The predicted molar refractivity (Wildman–Crippen MR) is 53.2 cm³/mol. The van der Waals surface area contributed by atoms with Gasteiger partial charge in [0.2, 0.25) is 0 Å². The van der Waals surface area contributed by atoms with E-state index in [9.17, 15) is 4.79 Å². The van der Waals surface area contributed by atoms with E-state index in [4.69, 9.17) is 4.74 Å². The minimum atomic E-state index is -0.230. The number of H-pyrrole nitrogens is 2. The average Bonchev–Trinajstić information content (AvgIpc) is 2.45. The van der Waals surface area contributed by atoms with Crippen LogP contribution in [0.15, 0.2) is 21.4 Å². The molecule has 0 unspecified atom stereocenters. The fraction of sp³-hybridized carbons (Fsp3) is 0.125. The van der Waals surface area contributed by atoms with Crippen molar-refractivity contribution in [2.24, 2.45) is 0 Å². The topological polar surface area (TPSA) is 57.9 Å². The molecule has 1 aromatic carbocycles. The van der Waals surface area contributed by atoms with E-state index in [0.29, 0.717) is 11.3 Å². The van der Waals surface area contributed by atoms with E-state index in [1.54, 1.807) is 13.2 Å². The van der Waals surface area contributed by atoms with Crippen molar-refractivity contribution in [1.29, 1.82) is 0 Å². The zero-order chi connectivity index (χ0) is 9.42. The molecule has 0 aliphatic rings. The Morgan fingerprint density at radius 2 is 2.15 bits per heavy atom. The Kier molecular flexibility index (Phi) is 1.88. The molecule has 0 saturated carbocycles. The lowest BCUT2D eigenvalue weighted by Crippen LogP contribution is -1.99. The number of aromatic nitrogens is 2. The highest BCUT2D eigenvalue weighted by Gasteiger charge is 2.07. The van der Waals surface area contributed by atoms with E-state index in [-0.39, 0.29) is 5.69 Å². The summed E-state index contributed by atoms with van der Waals surface area (Å²) in [7, 11) is 1.56. The van der Waals surface area contributed by atoms with Gasteiger partial charge in [0.25, 0.3) is 0 Å². The number of hydrogen-bond acceptors (Lipinski definition) is 2. The Bertz CT molecular complexity index is 500. The highest BCUT2D eigenvalue weighted by atomic mass is 79.9. The van der Waals surface area contributed by atoms with Crippen LogP contribution in [0.25, 0.3) is 11.0 Å². The van der Waals surface area contributed by atoms with Crippen molar-refractivity contribution in [3.8, 4) is 5.75 Å². The van der Waals surface area contributed by atoms with Gasteiger partial charge in [-0.25, -0.2) is 4.79 Å². The molecule has 0 amide bonds. The van der Waals surface area contributed by atoms with Gasteiger partial charge in [0.1, 0.15) is 5.52 Å². The normalized spacial score (nSPS) is 10.6. The quantitative estimate of drug-likeness (QED) is 0.799. The molecule has 2 aromatic rings. The number of methoxy groups -OCH3 is 1. The summed E-state index contributed by atoms with van der Waals surface area (Å²) >= 11 is 3.33. The Morgan fingerprint density at radius 3 is 2.85 bits per heavy atom. The van der Waals surface area contributed by atoms with Crippen molar-refractivity contribution in [2.45, 2.75) is 0 Å². The highest BCUT2D eigenvalue weighted by Crippen LogP contribution is 2.30. The second kappa shape index (κ2) is 2.92. The van der Waals surface area contributed by atoms with Gasteiger partial charge in [-0.15, -0.1) is 0 Å². The zero-order valence-corrected chi connectivity index (χ0v) is 8.44. The van der Waals surface area contributed by atoms with Crippen molar-refractivity contribution in [3.05, 3.63) is 27.1 Å². The minimum absolute atomic E-state index is 0.230. The third kappa shape index (κ3) is 1.25. The monoisotopic (exact) mass is 242 g/mol. The van der Waals surface area contributed by atoms with E-state index in [1.165, 1.54) is 0 Å². The van der Waals surface area contributed by atoms with Crippen molar-refractivity contribution < 1.29 is 4.74 Å². The molecule has 2 N–H and O–H groups in total. The van der Waals surface area contributed by atoms with Crippen LogP contribution in [0.4, 0.5) is 0 Å². The first-order valence-electron chi connectivity index (χ1n) is 3.67. The lowest BCUT2D eigenvalue weighted by atomic mass is 10.3. The molecule has 0 aliphatic heterocycles. The number of hydrogen-bond donors (Lipinski definition) is 2. The van der Waals surface area contributed by atoms with Crippen LogP contribution in [0.5, 0.6) is 5.75 Å². The van der Waals surface area contributed by atoms with E-state index >= 15 is 0 Å². The lowest BCUT2D eigenvalue weighted by Gasteiger charge is -2.02. The summed E-state index contributed by atoms with van der Waals surface area (Å²) in [5.41, 5.74) is 1.19. The van der Waals surface area contributed by atoms with Gasteiger partial charge in [-0.05, 0) is 28.1 Å². The Morgan fingerprint density at radius 1 is 1.38 bits per heavy atom. The molecule has 13 heavy (non-hydrogen) atoms. The maximum atomic E-state index is 11.0. The second-order valence-electron chi connectivity index (χ2n) is 2.58. The van der Waals surface area contributed by atoms with Gasteiger partial charge >= 0.3 is 5.69 Å². The molecule has 0 spiro atoms. The maximum Gasteiger partial charge on any atom is 0.323 e. The number of ether oxygens (including phenoxy) is 1. The Hall–Kier alpha value is -1.23. The number of nitrogens with one attached hydrogen (secondary N) is 2. The van der Waals surface area contributed by atoms with Crippen LogP contribution in [0.3, 0.4) is 0 Å². The summed E-state index contributed by atoms with van der Waals surface area (Å²) < 4.78 is 5.95. The second-order valence-corrected chi connectivity index (χ2v) is 3.44. The summed E-state index contributed by atoms with van der Waals surface area (Å²) in [4.78, 5) is 16.3. The van der Waals surface area contributed by atoms with Gasteiger partial charge < -0.3 is 14.7 Å². The van der Waals surface area contributed by atoms with Crippen LogP contribution < -0.4 is 10.4 Å². The van der Waals surface area contributed by atoms with Crippen LogP contribution in [0.2, 0.25) is 0 Å². The standard InChI is InChI=1S/C8H7BrN2O2/c1-13-7-4(9)2-3-5-6(7)11-8(12)10-5/h2-3H,1H3,(H2,10,11,12). The summed E-state index contributed by atoms with van der Waals surface area (Å²) in [5.74, 6) is 0.635. The molecular weight excluding hydrogens is 236 g/mol. The van der Waals surface area contributed by atoms with Gasteiger partial charge in [0.05, 0.1) is 17.1 Å². The van der Waals surface area contributed by atoms with Crippen molar-refractivity contribution >= 4 is 27.0 Å². The van der Waals surface area contributed by atoms with Crippen LogP contribution in [-0.2, 0) is 0 Å². The summed E-state index contributed by atoms with van der Waals surface area (Å²) in [6.45, 7) is 0. The van der Waals surface area contributed by atoms with Gasteiger partial charge in [0, 0.05) is 0 Å². The van der Waals surface area contributed by atoms with Crippen LogP contribution in [0.1, 0.15) is 0 Å². The van der Waals surface area contributed by atoms with E-state index in [0.717, 1.165) is 9.99 Å². The van der Waals surface area contributed by atoms with Gasteiger partial charge in [-0.3, -0.25) is 0 Å². The highest BCUT2D eigenvalue weighted by molar-refractivity contribution is 9.10. The third-order valence-electron chi connectivity index (χ3n) is 1.80. The first kappa shape index (κ1) is 8.37. The molecule has 5 heteroatoms. The molecule has 1 heterocycles. The summed E-state index contributed by atoms with van der Waals surface area (Å²) in [6.07, 6.45) is 0. The molecule has 0 aliphatic carbocycles. The van der Waals surface area contributed by atoms with Crippen LogP contribution in [-0.4, -0.2) is 17.1 Å². The number of rotatable bonds is 1. The summed E-state index contributed by atoms with van der Waals surface area (Å²) in [5, 5.41) is 0. The van der Waals surface area contributed by atoms with Crippen molar-refractivity contribution in [1.82, 2.24) is 9.97 Å². The molecule has 1 aromatic heterocycles. The van der Waals surface area contributed by atoms with Gasteiger partial charge in [-0.1, -0.05) is 0 Å². The molecule has 4 nitrogen and oxygen atoms in total. The first-order chi connectivity index (χ1) is 6.22. The van der Waals surface area contributed by atoms with Crippen LogP contribution >= 0.6 is 15.9 Å². The molecule has 68 valence electrons. The SMILES string of the molecule is COc1c(Br)ccc2[nH]c(=O)[nH]c12. The van der Waals surface area contributed by atoms with Crippen LogP contribution in [0, 0.1) is 0 Å². The van der Waals surface area contributed by atoms with E-state index in [2.05, 4.69) is 25.9 Å². The lowest BCUT2D eigenvalue weighted by molar-refractivity contribution is 0.416. The molecule has 0 atom stereocenters. The Labute approximate surface area is 82.0 Å². The molecule has 2 rings (SSSR count). The van der Waals surface area contributed by atoms with E-state index in [1.807, 2.05) is 6.07 Å². The summed E-state index contributed by atoms with van der Waals surface area (Å²) in [6, 6.07) is 3.63. The van der Waals surface area contributed by atoms with E-state index < -0.39 is 0 Å². The largest absolute Gasteiger partial charge is 0.493 e. The smallest absolute Gasteiger partial charge is 0.323 e. The fourth-order valence-corrected chi connectivity index (χ4v) is 1.74. The fourth-order valence-electron chi connectivity index (χ4n) is 1.25. The number of aromatic amines is 2. The third-order valence-corrected chi connectivity index (χ3v) is 2.42. The number of halogens is 1. The minimum Gasteiger partial charge on any atom is -0.493 e. The van der Waals surface area contributed by atoms with Gasteiger partial charge in [-0.2, -0.15) is 0 Å². The number of benzene rings is 1.